The van der Waals surface area contributed by atoms with Crippen LogP contribution in [-0.4, -0.2) is 28.7 Å². The highest BCUT2D eigenvalue weighted by Gasteiger charge is 2.11. The fraction of sp³-hybridized carbons (Fsp3) is 0.190. The van der Waals surface area contributed by atoms with E-state index in [2.05, 4.69) is 15.7 Å². The van der Waals surface area contributed by atoms with E-state index in [1.54, 1.807) is 48.3 Å². The largest absolute Gasteiger partial charge is 0.497 e. The van der Waals surface area contributed by atoms with Crippen molar-refractivity contribution in [1.82, 2.24) is 9.78 Å². The van der Waals surface area contributed by atoms with Gasteiger partial charge in [-0.3, -0.25) is 9.59 Å². The fourth-order valence-corrected chi connectivity index (χ4v) is 2.44. The van der Waals surface area contributed by atoms with Crippen LogP contribution in [0.1, 0.15) is 24.3 Å². The summed E-state index contributed by atoms with van der Waals surface area (Å²) in [5, 5.41) is 9.92. The van der Waals surface area contributed by atoms with Crippen LogP contribution in [0.2, 0.25) is 0 Å². The fourth-order valence-electron chi connectivity index (χ4n) is 2.44. The predicted molar refractivity (Wildman–Crippen MR) is 108 cm³/mol. The van der Waals surface area contributed by atoms with Gasteiger partial charge in [0.1, 0.15) is 5.75 Å². The van der Waals surface area contributed by atoms with Crippen molar-refractivity contribution in [2.75, 3.05) is 17.7 Å². The van der Waals surface area contributed by atoms with Crippen molar-refractivity contribution in [3.8, 4) is 11.4 Å². The van der Waals surface area contributed by atoms with Crippen molar-refractivity contribution in [3.05, 3.63) is 66.5 Å². The van der Waals surface area contributed by atoms with Crippen LogP contribution in [-0.2, 0) is 4.79 Å². The maximum Gasteiger partial charge on any atom is 0.276 e. The van der Waals surface area contributed by atoms with Crippen molar-refractivity contribution >= 4 is 23.2 Å². The molecule has 3 rings (SSSR count). The van der Waals surface area contributed by atoms with Crippen LogP contribution in [0.4, 0.5) is 11.4 Å². The number of anilines is 2. The lowest BCUT2D eigenvalue weighted by Gasteiger charge is -2.09. The molecule has 7 heteroatoms. The van der Waals surface area contributed by atoms with Gasteiger partial charge in [0, 0.05) is 23.5 Å². The summed E-state index contributed by atoms with van der Waals surface area (Å²) < 4.78 is 6.76. The SMILES string of the molecule is COc1ccc(-n2ccc(C(=O)Nc3ccc(NC(=O)C(C)C)cc3)n2)cc1. The second-order valence-electron chi connectivity index (χ2n) is 6.52. The van der Waals surface area contributed by atoms with Crippen LogP contribution >= 0.6 is 0 Å². The van der Waals surface area contributed by atoms with E-state index in [4.69, 9.17) is 4.74 Å². The number of carbonyl (C=O) groups is 2. The summed E-state index contributed by atoms with van der Waals surface area (Å²) in [4.78, 5) is 24.2. The Labute approximate surface area is 163 Å². The number of methoxy groups -OCH3 is 1. The summed E-state index contributed by atoms with van der Waals surface area (Å²) in [5.74, 6) is 0.286. The Balaban J connectivity index is 1.65. The maximum atomic E-state index is 12.4. The number of nitrogens with zero attached hydrogens (tertiary/aromatic N) is 2. The Morgan fingerprint density at radius 2 is 1.54 bits per heavy atom. The third-order valence-corrected chi connectivity index (χ3v) is 4.09. The van der Waals surface area contributed by atoms with Gasteiger partial charge in [0.15, 0.2) is 5.69 Å². The first kappa shape index (κ1) is 19.2. The van der Waals surface area contributed by atoms with Crippen molar-refractivity contribution < 1.29 is 14.3 Å². The van der Waals surface area contributed by atoms with Gasteiger partial charge in [-0.2, -0.15) is 5.10 Å². The molecule has 3 aromatic rings. The molecular weight excluding hydrogens is 356 g/mol. The van der Waals surface area contributed by atoms with Crippen LogP contribution < -0.4 is 15.4 Å². The lowest BCUT2D eigenvalue weighted by Crippen LogP contribution is -2.17. The molecule has 0 aliphatic heterocycles. The lowest BCUT2D eigenvalue weighted by molar-refractivity contribution is -0.118. The first-order valence-electron chi connectivity index (χ1n) is 8.88. The number of amides is 2. The van der Waals surface area contributed by atoms with Crippen LogP contribution in [0, 0.1) is 5.92 Å². The molecule has 0 fully saturated rings. The van der Waals surface area contributed by atoms with Gasteiger partial charge < -0.3 is 15.4 Å². The monoisotopic (exact) mass is 378 g/mol. The molecule has 2 aromatic carbocycles. The minimum absolute atomic E-state index is 0.0548. The Morgan fingerprint density at radius 1 is 0.929 bits per heavy atom. The lowest BCUT2D eigenvalue weighted by atomic mass is 10.2. The van der Waals surface area contributed by atoms with Gasteiger partial charge in [-0.15, -0.1) is 0 Å². The number of carbonyl (C=O) groups excluding carboxylic acids is 2. The van der Waals surface area contributed by atoms with E-state index in [0.29, 0.717) is 17.1 Å². The van der Waals surface area contributed by atoms with Crippen LogP contribution in [0.25, 0.3) is 5.69 Å². The molecule has 0 spiro atoms. The van der Waals surface area contributed by atoms with Crippen LogP contribution in [0.3, 0.4) is 0 Å². The number of hydrogen-bond donors (Lipinski definition) is 2. The second-order valence-corrected chi connectivity index (χ2v) is 6.52. The molecule has 2 amide bonds. The molecule has 0 unspecified atom stereocenters. The summed E-state index contributed by atoms with van der Waals surface area (Å²) >= 11 is 0. The number of aromatic nitrogens is 2. The highest BCUT2D eigenvalue weighted by Crippen LogP contribution is 2.17. The molecule has 0 radical (unpaired) electrons. The van der Waals surface area contributed by atoms with E-state index in [-0.39, 0.29) is 17.7 Å². The molecule has 28 heavy (non-hydrogen) atoms. The van der Waals surface area contributed by atoms with Gasteiger partial charge in [-0.05, 0) is 54.6 Å². The van der Waals surface area contributed by atoms with Crippen LogP contribution in [0.5, 0.6) is 5.75 Å². The smallest absolute Gasteiger partial charge is 0.276 e. The summed E-state index contributed by atoms with van der Waals surface area (Å²) in [7, 11) is 1.61. The minimum atomic E-state index is -0.314. The van der Waals surface area contributed by atoms with E-state index in [0.717, 1.165) is 11.4 Å². The Hall–Kier alpha value is -3.61. The summed E-state index contributed by atoms with van der Waals surface area (Å²) in [5.41, 5.74) is 2.42. The van der Waals surface area contributed by atoms with E-state index < -0.39 is 0 Å². The molecule has 0 aliphatic carbocycles. The summed E-state index contributed by atoms with van der Waals surface area (Å²) in [6, 6.07) is 16.0. The van der Waals surface area contributed by atoms with Gasteiger partial charge in [0.2, 0.25) is 5.91 Å². The van der Waals surface area contributed by atoms with E-state index >= 15 is 0 Å². The van der Waals surface area contributed by atoms with E-state index in [1.807, 2.05) is 38.1 Å². The van der Waals surface area contributed by atoms with Crippen molar-refractivity contribution in [3.63, 3.8) is 0 Å². The number of ether oxygens (including phenoxy) is 1. The molecule has 144 valence electrons. The average molecular weight is 378 g/mol. The van der Waals surface area contributed by atoms with Crippen molar-refractivity contribution in [2.24, 2.45) is 5.92 Å². The molecule has 0 bridgehead atoms. The third kappa shape index (κ3) is 4.56. The van der Waals surface area contributed by atoms with Gasteiger partial charge >= 0.3 is 0 Å². The van der Waals surface area contributed by atoms with Gasteiger partial charge in [0.25, 0.3) is 5.91 Å². The summed E-state index contributed by atoms with van der Waals surface area (Å²) in [6.45, 7) is 3.66. The molecule has 0 saturated heterocycles. The van der Waals surface area contributed by atoms with Gasteiger partial charge in [0.05, 0.1) is 12.8 Å². The second kappa shape index (κ2) is 8.39. The number of rotatable bonds is 6. The van der Waals surface area contributed by atoms with E-state index in [9.17, 15) is 9.59 Å². The maximum absolute atomic E-state index is 12.4. The van der Waals surface area contributed by atoms with Crippen LogP contribution in [0.15, 0.2) is 60.8 Å². The highest BCUT2D eigenvalue weighted by molar-refractivity contribution is 6.03. The normalized spacial score (nSPS) is 10.6. The first-order chi connectivity index (χ1) is 13.5. The number of benzene rings is 2. The number of nitrogens with one attached hydrogen (secondary N) is 2. The zero-order valence-corrected chi connectivity index (χ0v) is 16.0. The Kier molecular flexibility index (Phi) is 5.74. The molecule has 2 N–H and O–H groups in total. The quantitative estimate of drug-likeness (QED) is 0.684. The minimum Gasteiger partial charge on any atom is -0.497 e. The standard InChI is InChI=1S/C21H22N4O3/c1-14(2)20(26)22-15-4-6-16(7-5-15)23-21(27)19-12-13-25(24-19)17-8-10-18(28-3)11-9-17/h4-14H,1-3H3,(H,22,26)(H,23,27). The summed E-state index contributed by atoms with van der Waals surface area (Å²) in [6.07, 6.45) is 1.72. The topological polar surface area (TPSA) is 85.2 Å². The number of hydrogen-bond acceptors (Lipinski definition) is 4. The van der Waals surface area contributed by atoms with Crippen molar-refractivity contribution in [1.29, 1.82) is 0 Å². The third-order valence-electron chi connectivity index (χ3n) is 4.09. The predicted octanol–water partition coefficient (Wildman–Crippen LogP) is 3.73. The molecule has 0 saturated carbocycles. The molecular formula is C21H22N4O3. The zero-order valence-electron chi connectivity index (χ0n) is 16.0. The zero-order chi connectivity index (χ0) is 20.1. The molecule has 1 aromatic heterocycles. The average Bonchev–Trinajstić information content (AvgIpc) is 3.20. The highest BCUT2D eigenvalue weighted by atomic mass is 16.5. The Bertz CT molecular complexity index is 960. The molecule has 1 heterocycles. The molecule has 0 atom stereocenters. The van der Waals surface area contributed by atoms with Gasteiger partial charge in [-0.1, -0.05) is 13.8 Å². The van der Waals surface area contributed by atoms with Gasteiger partial charge in [-0.25, -0.2) is 4.68 Å². The van der Waals surface area contributed by atoms with E-state index in [1.165, 1.54) is 0 Å². The first-order valence-corrected chi connectivity index (χ1v) is 8.88. The molecule has 0 aliphatic rings. The molecule has 7 nitrogen and oxygen atoms in total. The Morgan fingerprint density at radius 3 is 2.11 bits per heavy atom. The van der Waals surface area contributed by atoms with Crippen molar-refractivity contribution in [2.45, 2.75) is 13.8 Å².